The normalized spacial score (nSPS) is 15.4. The topological polar surface area (TPSA) is 38.8 Å². The molecule has 0 bridgehead atoms. The van der Waals surface area contributed by atoms with Crippen molar-refractivity contribution in [1.82, 2.24) is 4.90 Å². The van der Waals surface area contributed by atoms with Gasteiger partial charge in [0.1, 0.15) is 10.9 Å². The molecular weight excluding hydrogens is 437 g/mol. The first-order valence-electron chi connectivity index (χ1n) is 8.43. The summed E-state index contributed by atoms with van der Waals surface area (Å²) < 4.78 is 11.9. The fraction of sp³-hybridized carbons (Fsp3) is 0.200. The zero-order chi connectivity index (χ0) is 20.3. The number of ether oxygens (including phenoxy) is 2. The van der Waals surface area contributed by atoms with E-state index in [-0.39, 0.29) is 12.5 Å². The number of nitrogens with zero attached hydrogens (tertiary/aromatic N) is 1. The van der Waals surface area contributed by atoms with Crippen molar-refractivity contribution >= 4 is 63.5 Å². The fourth-order valence-electron chi connectivity index (χ4n) is 2.61. The molecule has 0 aromatic heterocycles. The van der Waals surface area contributed by atoms with Crippen molar-refractivity contribution in [2.45, 2.75) is 13.5 Å². The third-order valence-corrected chi connectivity index (χ3v) is 6.04. The maximum absolute atomic E-state index is 12.4. The van der Waals surface area contributed by atoms with Crippen LogP contribution in [0.5, 0.6) is 11.5 Å². The lowest BCUT2D eigenvalue weighted by atomic mass is 10.1. The second-order valence-electron chi connectivity index (χ2n) is 5.86. The van der Waals surface area contributed by atoms with Crippen molar-refractivity contribution in [1.29, 1.82) is 0 Å². The summed E-state index contributed by atoms with van der Waals surface area (Å²) >= 11 is 18.6. The van der Waals surface area contributed by atoms with Gasteiger partial charge in [-0.2, -0.15) is 0 Å². The molecule has 1 heterocycles. The van der Waals surface area contributed by atoms with Crippen LogP contribution in [0.25, 0.3) is 6.08 Å². The standard InChI is InChI=1S/C20H17Cl2NO3S2/c1-3-23-19(24)18(28-20(23)27)9-12-4-7-16(17(8-12)25-2)26-11-13-5-6-14(21)10-15(13)22/h4-10H,3,11H2,1-2H3. The summed E-state index contributed by atoms with van der Waals surface area (Å²) in [6, 6.07) is 10.7. The van der Waals surface area contributed by atoms with E-state index in [0.717, 1.165) is 11.1 Å². The third kappa shape index (κ3) is 4.63. The summed E-state index contributed by atoms with van der Waals surface area (Å²) in [7, 11) is 1.57. The molecule has 2 aromatic carbocycles. The molecule has 1 aliphatic heterocycles. The first kappa shape index (κ1) is 21.0. The lowest BCUT2D eigenvalue weighted by Crippen LogP contribution is -2.27. The number of likely N-dealkylation sites (N-methyl/N-ethyl adjacent to an activating group) is 1. The number of carbonyl (C=O) groups is 1. The number of thioether (sulfide) groups is 1. The maximum atomic E-state index is 12.4. The molecule has 0 radical (unpaired) electrons. The minimum Gasteiger partial charge on any atom is -0.493 e. The van der Waals surface area contributed by atoms with Crippen LogP contribution < -0.4 is 9.47 Å². The number of halogens is 2. The molecule has 2 aromatic rings. The summed E-state index contributed by atoms with van der Waals surface area (Å²) in [5, 5.41) is 1.12. The molecule has 4 nitrogen and oxygen atoms in total. The Morgan fingerprint density at radius 1 is 1.18 bits per heavy atom. The Bertz CT molecular complexity index is 962. The molecule has 0 saturated carbocycles. The van der Waals surface area contributed by atoms with Gasteiger partial charge >= 0.3 is 0 Å². The van der Waals surface area contributed by atoms with E-state index in [9.17, 15) is 4.79 Å². The Hall–Kier alpha value is -1.73. The molecule has 146 valence electrons. The number of hydrogen-bond acceptors (Lipinski definition) is 5. The van der Waals surface area contributed by atoms with E-state index in [2.05, 4.69) is 0 Å². The molecule has 28 heavy (non-hydrogen) atoms. The van der Waals surface area contributed by atoms with Gasteiger partial charge in [-0.1, -0.05) is 59.3 Å². The second kappa shape index (κ2) is 9.18. The van der Waals surface area contributed by atoms with Crippen LogP contribution in [0.1, 0.15) is 18.1 Å². The SMILES string of the molecule is CCN1C(=O)C(=Cc2ccc(OCc3ccc(Cl)cc3Cl)c(OC)c2)SC1=S. The van der Waals surface area contributed by atoms with E-state index in [1.54, 1.807) is 36.3 Å². The smallest absolute Gasteiger partial charge is 0.266 e. The van der Waals surface area contributed by atoms with Crippen LogP contribution in [-0.2, 0) is 11.4 Å². The van der Waals surface area contributed by atoms with Crippen molar-refractivity contribution in [2.24, 2.45) is 0 Å². The fourth-order valence-corrected chi connectivity index (χ4v) is 4.46. The summed E-state index contributed by atoms with van der Waals surface area (Å²) in [5.41, 5.74) is 1.64. The minimum atomic E-state index is -0.0748. The highest BCUT2D eigenvalue weighted by Gasteiger charge is 2.30. The number of hydrogen-bond donors (Lipinski definition) is 0. The largest absolute Gasteiger partial charge is 0.493 e. The Morgan fingerprint density at radius 2 is 1.96 bits per heavy atom. The average molecular weight is 454 g/mol. The van der Waals surface area contributed by atoms with Crippen LogP contribution in [0, 0.1) is 0 Å². The zero-order valence-electron chi connectivity index (χ0n) is 15.2. The van der Waals surface area contributed by atoms with E-state index in [0.29, 0.717) is 37.3 Å². The number of carbonyl (C=O) groups excluding carboxylic acids is 1. The van der Waals surface area contributed by atoms with Crippen molar-refractivity contribution < 1.29 is 14.3 Å². The molecule has 1 aliphatic rings. The maximum Gasteiger partial charge on any atom is 0.266 e. The van der Waals surface area contributed by atoms with Gasteiger partial charge in [-0.25, -0.2) is 0 Å². The van der Waals surface area contributed by atoms with Gasteiger partial charge in [0.2, 0.25) is 0 Å². The highest BCUT2D eigenvalue weighted by Crippen LogP contribution is 2.35. The minimum absolute atomic E-state index is 0.0748. The van der Waals surface area contributed by atoms with Gasteiger partial charge in [0.25, 0.3) is 5.91 Å². The summed E-state index contributed by atoms with van der Waals surface area (Å²) in [6.07, 6.45) is 1.80. The van der Waals surface area contributed by atoms with Crippen LogP contribution in [-0.4, -0.2) is 28.8 Å². The van der Waals surface area contributed by atoms with E-state index in [1.807, 2.05) is 25.1 Å². The van der Waals surface area contributed by atoms with Crippen LogP contribution in [0.15, 0.2) is 41.3 Å². The molecule has 0 aliphatic carbocycles. The van der Waals surface area contributed by atoms with Crippen LogP contribution in [0.3, 0.4) is 0 Å². The van der Waals surface area contributed by atoms with E-state index in [1.165, 1.54) is 11.8 Å². The molecule has 0 spiro atoms. The Balaban J connectivity index is 1.78. The van der Waals surface area contributed by atoms with Gasteiger partial charge in [0.05, 0.1) is 12.0 Å². The molecule has 0 N–H and O–H groups in total. The van der Waals surface area contributed by atoms with Crippen molar-refractivity contribution in [3.05, 3.63) is 62.5 Å². The molecule has 0 unspecified atom stereocenters. The van der Waals surface area contributed by atoms with E-state index in [4.69, 9.17) is 44.9 Å². The van der Waals surface area contributed by atoms with Crippen LogP contribution >= 0.6 is 47.2 Å². The molecule has 3 rings (SSSR count). The number of thiocarbonyl (C=S) groups is 1. The predicted octanol–water partition coefficient (Wildman–Crippen LogP) is 5.80. The lowest BCUT2D eigenvalue weighted by molar-refractivity contribution is -0.121. The average Bonchev–Trinajstić information content (AvgIpc) is 2.94. The first-order chi connectivity index (χ1) is 13.4. The van der Waals surface area contributed by atoms with E-state index < -0.39 is 0 Å². The molecule has 1 amide bonds. The van der Waals surface area contributed by atoms with E-state index >= 15 is 0 Å². The van der Waals surface area contributed by atoms with Crippen LogP contribution in [0.2, 0.25) is 10.0 Å². The van der Waals surface area contributed by atoms with Crippen molar-refractivity contribution in [3.63, 3.8) is 0 Å². The number of rotatable bonds is 6. The molecule has 8 heteroatoms. The van der Waals surface area contributed by atoms with Crippen LogP contribution in [0.4, 0.5) is 0 Å². The number of benzene rings is 2. The molecule has 1 fully saturated rings. The van der Waals surface area contributed by atoms with Gasteiger partial charge in [-0.15, -0.1) is 0 Å². The van der Waals surface area contributed by atoms with Gasteiger partial charge in [0.15, 0.2) is 11.5 Å². The summed E-state index contributed by atoms with van der Waals surface area (Å²) in [6.45, 7) is 2.74. The summed E-state index contributed by atoms with van der Waals surface area (Å²) in [4.78, 5) is 14.5. The van der Waals surface area contributed by atoms with Gasteiger partial charge in [-0.3, -0.25) is 9.69 Å². The quantitative estimate of drug-likeness (QED) is 0.407. The Kier molecular flexibility index (Phi) is 6.88. The highest BCUT2D eigenvalue weighted by molar-refractivity contribution is 8.26. The Labute approximate surface area is 183 Å². The monoisotopic (exact) mass is 453 g/mol. The number of methoxy groups -OCH3 is 1. The van der Waals surface area contributed by atoms with Gasteiger partial charge in [-0.05, 0) is 42.8 Å². The molecule has 1 saturated heterocycles. The Morgan fingerprint density at radius 3 is 2.61 bits per heavy atom. The van der Waals surface area contributed by atoms with Crippen molar-refractivity contribution in [3.8, 4) is 11.5 Å². The second-order valence-corrected chi connectivity index (χ2v) is 8.38. The van der Waals surface area contributed by atoms with Gasteiger partial charge in [0, 0.05) is 22.2 Å². The lowest BCUT2D eigenvalue weighted by Gasteiger charge is -2.12. The summed E-state index contributed by atoms with van der Waals surface area (Å²) in [5.74, 6) is 1.06. The number of amides is 1. The third-order valence-electron chi connectivity index (χ3n) is 4.07. The van der Waals surface area contributed by atoms with Gasteiger partial charge < -0.3 is 9.47 Å². The first-order valence-corrected chi connectivity index (χ1v) is 10.4. The van der Waals surface area contributed by atoms with Crippen molar-refractivity contribution in [2.75, 3.05) is 13.7 Å². The highest BCUT2D eigenvalue weighted by atomic mass is 35.5. The zero-order valence-corrected chi connectivity index (χ0v) is 18.3. The molecular formula is C20H17Cl2NO3S2. The molecule has 0 atom stereocenters. The predicted molar refractivity (Wildman–Crippen MR) is 119 cm³/mol.